The zero-order valence-corrected chi connectivity index (χ0v) is 22.5. The van der Waals surface area contributed by atoms with E-state index in [1.165, 1.54) is 18.9 Å². The number of ether oxygens (including phenoxy) is 3. The smallest absolute Gasteiger partial charge is 0.338 e. The lowest BCUT2D eigenvalue weighted by molar-refractivity contribution is -0.136. The number of amidine groups is 1. The maximum atomic E-state index is 13.3. The highest BCUT2D eigenvalue weighted by Gasteiger charge is 2.43. The summed E-state index contributed by atoms with van der Waals surface area (Å²) in [6.45, 7) is 2.45. The van der Waals surface area contributed by atoms with E-state index in [0.29, 0.717) is 40.9 Å². The molecule has 0 saturated heterocycles. The number of rotatable bonds is 9. The number of carbonyl (C=O) groups is 2. The Kier molecular flexibility index (Phi) is 8.23. The number of amides is 1. The van der Waals surface area contributed by atoms with Crippen molar-refractivity contribution in [2.45, 2.75) is 32.4 Å². The molecule has 0 N–H and O–H groups in total. The molecule has 0 spiro atoms. The van der Waals surface area contributed by atoms with Crippen LogP contribution in [-0.4, -0.2) is 55.2 Å². The minimum atomic E-state index is -0.603. The number of hydrogen-bond acceptors (Lipinski definition) is 8. The molecule has 0 aromatic heterocycles. The van der Waals surface area contributed by atoms with Crippen molar-refractivity contribution in [1.29, 1.82) is 0 Å². The van der Waals surface area contributed by atoms with Gasteiger partial charge in [-0.1, -0.05) is 61.2 Å². The number of aliphatic imine (C=N–C) groups is 1. The number of nitrogens with zero attached hydrogens (tertiary/aromatic N) is 3. The number of benzene rings is 2. The molecule has 2 aliphatic heterocycles. The van der Waals surface area contributed by atoms with Gasteiger partial charge < -0.3 is 24.0 Å². The van der Waals surface area contributed by atoms with Gasteiger partial charge in [-0.15, -0.1) is 0 Å². The van der Waals surface area contributed by atoms with Gasteiger partial charge in [-0.05, 0) is 23.5 Å². The number of thioether (sulfide) groups is 1. The van der Waals surface area contributed by atoms with E-state index in [0.717, 1.165) is 16.8 Å². The van der Waals surface area contributed by atoms with Crippen LogP contribution in [0.3, 0.4) is 0 Å². The van der Waals surface area contributed by atoms with Gasteiger partial charge in [0.2, 0.25) is 5.91 Å². The van der Waals surface area contributed by atoms with Crippen LogP contribution in [0.25, 0.3) is 0 Å². The van der Waals surface area contributed by atoms with Gasteiger partial charge in [0.25, 0.3) is 0 Å². The van der Waals surface area contributed by atoms with Crippen LogP contribution in [0.1, 0.15) is 36.9 Å². The monoisotopic (exact) mass is 521 g/mol. The number of fused-ring (bicyclic) bond motifs is 1. The number of methoxy groups -OCH3 is 3. The highest BCUT2D eigenvalue weighted by atomic mass is 32.2. The van der Waals surface area contributed by atoms with Gasteiger partial charge in [0, 0.05) is 24.9 Å². The van der Waals surface area contributed by atoms with Crippen molar-refractivity contribution < 1.29 is 23.8 Å². The van der Waals surface area contributed by atoms with Gasteiger partial charge in [-0.3, -0.25) is 4.79 Å². The highest BCUT2D eigenvalue weighted by molar-refractivity contribution is 8.16. The molecule has 0 unspecified atom stereocenters. The summed E-state index contributed by atoms with van der Waals surface area (Å²) in [6.07, 6.45) is 0.688. The largest absolute Gasteiger partial charge is 0.493 e. The molecule has 0 aliphatic carbocycles. The third kappa shape index (κ3) is 5.22. The van der Waals surface area contributed by atoms with Crippen molar-refractivity contribution in [1.82, 2.24) is 9.80 Å². The maximum Gasteiger partial charge on any atom is 0.338 e. The van der Waals surface area contributed by atoms with Crippen molar-refractivity contribution >= 4 is 28.8 Å². The number of para-hydroxylation sites is 1. The first-order valence-electron chi connectivity index (χ1n) is 12.0. The fraction of sp³-hybridized carbons (Fsp3) is 0.321. The van der Waals surface area contributed by atoms with Crippen LogP contribution < -0.4 is 9.47 Å². The Hall–Kier alpha value is -3.72. The zero-order chi connectivity index (χ0) is 26.5. The summed E-state index contributed by atoms with van der Waals surface area (Å²) in [7, 11) is 6.29. The molecule has 0 saturated carbocycles. The Balaban J connectivity index is 1.73. The average Bonchev–Trinajstić information content (AvgIpc) is 3.33. The first-order chi connectivity index (χ1) is 17.9. The van der Waals surface area contributed by atoms with Crippen molar-refractivity contribution in [3.8, 4) is 11.5 Å². The Morgan fingerprint density at radius 2 is 1.81 bits per heavy atom. The Labute approximate surface area is 221 Å². The van der Waals surface area contributed by atoms with Crippen LogP contribution in [-0.2, 0) is 20.9 Å². The fourth-order valence-corrected chi connectivity index (χ4v) is 5.51. The minimum Gasteiger partial charge on any atom is -0.493 e. The Morgan fingerprint density at radius 3 is 2.46 bits per heavy atom. The zero-order valence-electron chi connectivity index (χ0n) is 21.7. The molecule has 9 heteroatoms. The molecule has 2 aliphatic rings. The quantitative estimate of drug-likeness (QED) is 0.435. The normalized spacial score (nSPS) is 16.6. The summed E-state index contributed by atoms with van der Waals surface area (Å²) < 4.78 is 16.5. The van der Waals surface area contributed by atoms with Gasteiger partial charge in [-0.2, -0.15) is 0 Å². The third-order valence-electron chi connectivity index (χ3n) is 6.38. The average molecular weight is 522 g/mol. The summed E-state index contributed by atoms with van der Waals surface area (Å²) in [5.41, 5.74) is 3.58. The standard InChI is InChI=1S/C28H31N3O5S/c1-6-21-24(27(33)36-5)25(20-13-10-14-22(34-3)26(20)35-4)31-19(17-37-28(31)29-21)15-23(32)30(2)16-18-11-8-7-9-12-18/h7-14,17,25H,6,15-16H2,1-5H3/t25-/m0/s1. The van der Waals surface area contributed by atoms with E-state index in [2.05, 4.69) is 0 Å². The first-order valence-corrected chi connectivity index (χ1v) is 12.8. The lowest BCUT2D eigenvalue weighted by Gasteiger charge is -2.37. The van der Waals surface area contributed by atoms with E-state index >= 15 is 0 Å². The highest BCUT2D eigenvalue weighted by Crippen LogP contribution is 2.49. The van der Waals surface area contributed by atoms with Crippen LogP contribution in [0.4, 0.5) is 0 Å². The molecule has 1 atom stereocenters. The van der Waals surface area contributed by atoms with Gasteiger partial charge in [0.05, 0.1) is 45.1 Å². The van der Waals surface area contributed by atoms with Crippen molar-refractivity contribution in [3.63, 3.8) is 0 Å². The van der Waals surface area contributed by atoms with Crippen LogP contribution in [0.5, 0.6) is 11.5 Å². The second kappa shape index (κ2) is 11.6. The summed E-state index contributed by atoms with van der Waals surface area (Å²) in [5.74, 6) is 0.538. The summed E-state index contributed by atoms with van der Waals surface area (Å²) in [4.78, 5) is 34.9. The van der Waals surface area contributed by atoms with Gasteiger partial charge in [0.15, 0.2) is 16.7 Å². The molecule has 2 aromatic rings. The molecule has 0 bridgehead atoms. The Bertz CT molecular complexity index is 1270. The van der Waals surface area contributed by atoms with Crippen molar-refractivity contribution in [3.05, 3.63) is 82.0 Å². The van der Waals surface area contributed by atoms with Crippen molar-refractivity contribution in [2.75, 3.05) is 28.4 Å². The second-order valence-corrected chi connectivity index (χ2v) is 9.43. The first kappa shape index (κ1) is 26.3. The number of carbonyl (C=O) groups excluding carboxylic acids is 2. The number of esters is 1. The lowest BCUT2D eigenvalue weighted by Crippen LogP contribution is -2.38. The van der Waals surface area contributed by atoms with Crippen molar-refractivity contribution in [2.24, 2.45) is 4.99 Å². The molecule has 2 heterocycles. The predicted octanol–water partition coefficient (Wildman–Crippen LogP) is 4.89. The van der Waals surface area contributed by atoms with Crippen LogP contribution in [0.15, 0.2) is 75.9 Å². The molecule has 1 amide bonds. The Morgan fingerprint density at radius 1 is 1.05 bits per heavy atom. The SMILES string of the molecule is CCC1=C(C(=O)OC)[C@H](c2cccc(OC)c2OC)N2C(CC(=O)N(C)Cc3ccccc3)=CSC2=N1. The number of allylic oxidation sites excluding steroid dienone is 1. The summed E-state index contributed by atoms with van der Waals surface area (Å²) >= 11 is 1.44. The molecular weight excluding hydrogens is 490 g/mol. The van der Waals surface area contributed by atoms with Crippen LogP contribution >= 0.6 is 11.8 Å². The van der Waals surface area contributed by atoms with Crippen LogP contribution in [0.2, 0.25) is 0 Å². The third-order valence-corrected chi connectivity index (χ3v) is 7.27. The molecule has 194 valence electrons. The van der Waals surface area contributed by atoms with Crippen LogP contribution in [0, 0.1) is 0 Å². The number of hydrogen-bond donors (Lipinski definition) is 0. The van der Waals surface area contributed by atoms with Gasteiger partial charge >= 0.3 is 5.97 Å². The van der Waals surface area contributed by atoms with Gasteiger partial charge in [-0.25, -0.2) is 9.79 Å². The molecule has 2 aromatic carbocycles. The van der Waals surface area contributed by atoms with E-state index < -0.39 is 12.0 Å². The summed E-state index contributed by atoms with van der Waals surface area (Å²) in [6, 6.07) is 14.8. The molecule has 8 nitrogen and oxygen atoms in total. The topological polar surface area (TPSA) is 80.7 Å². The molecule has 4 rings (SSSR count). The molecule has 0 radical (unpaired) electrons. The molecule has 0 fully saturated rings. The van der Waals surface area contributed by atoms with Gasteiger partial charge in [0.1, 0.15) is 0 Å². The van der Waals surface area contributed by atoms with E-state index in [1.807, 2.05) is 59.7 Å². The van der Waals surface area contributed by atoms with E-state index in [9.17, 15) is 9.59 Å². The fourth-order valence-electron chi connectivity index (χ4n) is 4.57. The molecule has 37 heavy (non-hydrogen) atoms. The molecular formula is C28H31N3O5S. The maximum absolute atomic E-state index is 13.3. The van der Waals surface area contributed by atoms with E-state index in [-0.39, 0.29) is 12.3 Å². The minimum absolute atomic E-state index is 0.0433. The predicted molar refractivity (Wildman–Crippen MR) is 144 cm³/mol. The second-order valence-electron chi connectivity index (χ2n) is 8.59. The van der Waals surface area contributed by atoms with E-state index in [4.69, 9.17) is 19.2 Å². The summed E-state index contributed by atoms with van der Waals surface area (Å²) in [5, 5.41) is 2.63. The lowest BCUT2D eigenvalue weighted by atomic mass is 9.92. The van der Waals surface area contributed by atoms with E-state index in [1.54, 1.807) is 32.2 Å².